The number of aliphatic carboxylic acids is 1. The zero-order valence-corrected chi connectivity index (χ0v) is 11.6. The summed E-state index contributed by atoms with van der Waals surface area (Å²) in [7, 11) is 1.96. The van der Waals surface area contributed by atoms with E-state index >= 15 is 0 Å². The summed E-state index contributed by atoms with van der Waals surface area (Å²) < 4.78 is 13.9. The molecule has 0 aliphatic carbocycles. The van der Waals surface area contributed by atoms with E-state index < -0.39 is 5.97 Å². The summed E-state index contributed by atoms with van der Waals surface area (Å²) in [6.07, 6.45) is 2.38. The topological polar surface area (TPSA) is 40.5 Å². The third-order valence-electron chi connectivity index (χ3n) is 2.61. The number of benzene rings is 1. The molecule has 0 bridgehead atoms. The van der Waals surface area contributed by atoms with E-state index in [9.17, 15) is 9.18 Å². The van der Waals surface area contributed by atoms with Crippen LogP contribution in [0, 0.1) is 11.7 Å². The maximum atomic E-state index is 13.9. The summed E-state index contributed by atoms with van der Waals surface area (Å²) in [6, 6.07) is 4.78. The molecule has 0 aliphatic rings. The van der Waals surface area contributed by atoms with Crippen LogP contribution in [0.25, 0.3) is 6.08 Å². The van der Waals surface area contributed by atoms with Crippen LogP contribution in [0.5, 0.6) is 0 Å². The van der Waals surface area contributed by atoms with Crippen LogP contribution in [-0.2, 0) is 11.3 Å². The number of hydrogen-bond donors (Lipinski definition) is 1. The van der Waals surface area contributed by atoms with Crippen molar-refractivity contribution in [2.24, 2.45) is 5.92 Å². The predicted octanol–water partition coefficient (Wildman–Crippen LogP) is 3.01. The number of carboxylic acid groups (broad SMARTS) is 1. The molecule has 1 aromatic rings. The van der Waals surface area contributed by atoms with Gasteiger partial charge in [0, 0.05) is 24.7 Å². The number of hydrogen-bond acceptors (Lipinski definition) is 2. The molecule has 0 unspecified atom stereocenters. The van der Waals surface area contributed by atoms with Crippen molar-refractivity contribution in [2.45, 2.75) is 20.4 Å². The molecule has 0 fully saturated rings. The molecule has 0 radical (unpaired) electrons. The molecule has 0 saturated heterocycles. The molecule has 0 aromatic heterocycles. The van der Waals surface area contributed by atoms with Gasteiger partial charge in [-0.1, -0.05) is 26.0 Å². The Morgan fingerprint density at radius 2 is 2.16 bits per heavy atom. The highest BCUT2D eigenvalue weighted by Gasteiger charge is 2.07. The summed E-state index contributed by atoms with van der Waals surface area (Å²) in [5, 5.41) is 8.51. The van der Waals surface area contributed by atoms with Crippen LogP contribution in [0.4, 0.5) is 4.39 Å². The number of carbonyl (C=O) groups is 1. The zero-order valence-electron chi connectivity index (χ0n) is 11.6. The highest BCUT2D eigenvalue weighted by Crippen LogP contribution is 2.14. The normalized spacial score (nSPS) is 11.7. The lowest BCUT2D eigenvalue weighted by Crippen LogP contribution is -2.23. The van der Waals surface area contributed by atoms with Gasteiger partial charge in [-0.25, -0.2) is 9.18 Å². The van der Waals surface area contributed by atoms with Gasteiger partial charge in [0.25, 0.3) is 0 Å². The fourth-order valence-electron chi connectivity index (χ4n) is 1.94. The molecule has 0 atom stereocenters. The van der Waals surface area contributed by atoms with Crippen molar-refractivity contribution in [3.05, 3.63) is 41.2 Å². The van der Waals surface area contributed by atoms with E-state index in [1.807, 2.05) is 7.05 Å². The predicted molar refractivity (Wildman–Crippen MR) is 74.2 cm³/mol. The molecule has 0 spiro atoms. The van der Waals surface area contributed by atoms with Crippen molar-refractivity contribution in [2.75, 3.05) is 13.6 Å². The molecule has 0 amide bonds. The third kappa shape index (κ3) is 5.66. The van der Waals surface area contributed by atoms with Gasteiger partial charge in [-0.3, -0.25) is 0 Å². The molecule has 4 heteroatoms. The SMILES string of the molecule is CC(C)CN(C)Cc1ccc(/C=C/C(=O)O)cc1F. The molecule has 1 rings (SSSR count). The minimum atomic E-state index is -1.04. The summed E-state index contributed by atoms with van der Waals surface area (Å²) in [5.74, 6) is -0.810. The van der Waals surface area contributed by atoms with Crippen molar-refractivity contribution in [3.63, 3.8) is 0 Å². The summed E-state index contributed by atoms with van der Waals surface area (Å²) in [5.41, 5.74) is 1.17. The second kappa shape index (κ2) is 7.04. The lowest BCUT2D eigenvalue weighted by molar-refractivity contribution is -0.131. The summed E-state index contributed by atoms with van der Waals surface area (Å²) in [4.78, 5) is 12.5. The Kier molecular flexibility index (Phi) is 5.70. The Morgan fingerprint density at radius 1 is 1.47 bits per heavy atom. The van der Waals surface area contributed by atoms with E-state index in [0.717, 1.165) is 12.6 Å². The van der Waals surface area contributed by atoms with E-state index in [-0.39, 0.29) is 5.82 Å². The lowest BCUT2D eigenvalue weighted by atomic mass is 10.1. The van der Waals surface area contributed by atoms with Crippen LogP contribution in [0.2, 0.25) is 0 Å². The van der Waals surface area contributed by atoms with Crippen molar-refractivity contribution in [1.82, 2.24) is 4.90 Å². The molecular weight excluding hydrogens is 245 g/mol. The molecule has 0 aliphatic heterocycles. The Morgan fingerprint density at radius 3 is 2.68 bits per heavy atom. The largest absolute Gasteiger partial charge is 0.478 e. The number of nitrogens with zero attached hydrogens (tertiary/aromatic N) is 1. The van der Waals surface area contributed by atoms with E-state index in [1.54, 1.807) is 12.1 Å². The van der Waals surface area contributed by atoms with Gasteiger partial charge in [-0.05, 0) is 30.7 Å². The smallest absolute Gasteiger partial charge is 0.328 e. The molecular formula is C15H20FNO2. The van der Waals surface area contributed by atoms with E-state index in [0.29, 0.717) is 23.6 Å². The minimum Gasteiger partial charge on any atom is -0.478 e. The van der Waals surface area contributed by atoms with Crippen LogP contribution >= 0.6 is 0 Å². The maximum absolute atomic E-state index is 13.9. The molecule has 3 nitrogen and oxygen atoms in total. The van der Waals surface area contributed by atoms with Gasteiger partial charge in [0.1, 0.15) is 5.82 Å². The molecule has 0 saturated carbocycles. The average molecular weight is 265 g/mol. The first-order valence-corrected chi connectivity index (χ1v) is 6.26. The second-order valence-electron chi connectivity index (χ2n) is 5.11. The average Bonchev–Trinajstić information content (AvgIpc) is 2.28. The zero-order chi connectivity index (χ0) is 14.4. The van der Waals surface area contributed by atoms with E-state index in [2.05, 4.69) is 18.7 Å². The highest BCUT2D eigenvalue weighted by molar-refractivity contribution is 5.85. The van der Waals surface area contributed by atoms with Crippen molar-refractivity contribution >= 4 is 12.0 Å². The standard InChI is InChI=1S/C15H20FNO2/c1-11(2)9-17(3)10-13-6-4-12(8-14(13)16)5-7-15(18)19/h4-8,11H,9-10H2,1-3H3,(H,18,19)/b7-5+. The van der Waals surface area contributed by atoms with Crippen LogP contribution in [0.1, 0.15) is 25.0 Å². The Balaban J connectivity index is 2.74. The fraction of sp³-hybridized carbons (Fsp3) is 0.400. The first-order valence-electron chi connectivity index (χ1n) is 6.26. The number of rotatable bonds is 6. The summed E-state index contributed by atoms with van der Waals surface area (Å²) >= 11 is 0. The second-order valence-corrected chi connectivity index (χ2v) is 5.11. The van der Waals surface area contributed by atoms with Crippen LogP contribution in [0.15, 0.2) is 24.3 Å². The highest BCUT2D eigenvalue weighted by atomic mass is 19.1. The van der Waals surface area contributed by atoms with Crippen molar-refractivity contribution in [1.29, 1.82) is 0 Å². The van der Waals surface area contributed by atoms with Gasteiger partial charge in [0.2, 0.25) is 0 Å². The van der Waals surface area contributed by atoms with E-state index in [1.165, 1.54) is 12.1 Å². The molecule has 104 valence electrons. The monoisotopic (exact) mass is 265 g/mol. The minimum absolute atomic E-state index is 0.303. The quantitative estimate of drug-likeness (QED) is 0.804. The lowest BCUT2D eigenvalue weighted by Gasteiger charge is -2.19. The van der Waals surface area contributed by atoms with Crippen LogP contribution in [0.3, 0.4) is 0 Å². The maximum Gasteiger partial charge on any atom is 0.328 e. The van der Waals surface area contributed by atoms with Crippen LogP contribution < -0.4 is 0 Å². The summed E-state index contributed by atoms with van der Waals surface area (Å²) in [6.45, 7) is 5.69. The van der Waals surface area contributed by atoms with Gasteiger partial charge in [-0.15, -0.1) is 0 Å². The van der Waals surface area contributed by atoms with E-state index in [4.69, 9.17) is 5.11 Å². The Labute approximate surface area is 113 Å². The van der Waals surface area contributed by atoms with Crippen molar-refractivity contribution in [3.8, 4) is 0 Å². The van der Waals surface area contributed by atoms with Gasteiger partial charge in [0.05, 0.1) is 0 Å². The Bertz CT molecular complexity index is 469. The molecule has 1 aromatic carbocycles. The number of halogens is 1. The fourth-order valence-corrected chi connectivity index (χ4v) is 1.94. The number of carboxylic acids is 1. The van der Waals surface area contributed by atoms with Gasteiger partial charge in [0.15, 0.2) is 0 Å². The molecule has 19 heavy (non-hydrogen) atoms. The van der Waals surface area contributed by atoms with Crippen LogP contribution in [-0.4, -0.2) is 29.6 Å². The first kappa shape index (κ1) is 15.4. The first-order chi connectivity index (χ1) is 8.88. The third-order valence-corrected chi connectivity index (χ3v) is 2.61. The van der Waals surface area contributed by atoms with Gasteiger partial charge >= 0.3 is 5.97 Å². The Hall–Kier alpha value is -1.68. The van der Waals surface area contributed by atoms with Gasteiger partial charge < -0.3 is 10.0 Å². The van der Waals surface area contributed by atoms with Crippen molar-refractivity contribution < 1.29 is 14.3 Å². The van der Waals surface area contributed by atoms with Gasteiger partial charge in [-0.2, -0.15) is 0 Å². The molecule has 0 heterocycles. The molecule has 1 N–H and O–H groups in total.